The maximum atomic E-state index is 12.7. The van der Waals surface area contributed by atoms with E-state index in [2.05, 4.69) is 19.2 Å². The summed E-state index contributed by atoms with van der Waals surface area (Å²) in [4.78, 5) is 12.7. The molecule has 0 saturated carbocycles. The van der Waals surface area contributed by atoms with Gasteiger partial charge in [-0.1, -0.05) is 44.2 Å². The van der Waals surface area contributed by atoms with Gasteiger partial charge in [0.2, 0.25) is 0 Å². The minimum absolute atomic E-state index is 0.0828. The molecule has 3 N–H and O–H groups in total. The fourth-order valence-electron chi connectivity index (χ4n) is 2.82. The van der Waals surface area contributed by atoms with Gasteiger partial charge < -0.3 is 15.8 Å². The highest BCUT2D eigenvalue weighted by Crippen LogP contribution is 2.30. The van der Waals surface area contributed by atoms with Crippen LogP contribution in [0.5, 0.6) is 5.75 Å². The summed E-state index contributed by atoms with van der Waals surface area (Å²) in [6.07, 6.45) is 0.844. The van der Waals surface area contributed by atoms with Gasteiger partial charge >= 0.3 is 0 Å². The Kier molecular flexibility index (Phi) is 7.02. The topological polar surface area (TPSA) is 64.3 Å². The van der Waals surface area contributed by atoms with E-state index >= 15 is 0 Å². The number of nitrogens with one attached hydrogen (secondary N) is 1. The first-order chi connectivity index (χ1) is 12.0. The maximum Gasteiger partial charge on any atom is 0.251 e. The molecule has 0 aromatic heterocycles. The molecule has 0 aliphatic rings. The molecule has 1 unspecified atom stereocenters. The lowest BCUT2D eigenvalue weighted by Gasteiger charge is -2.23. The number of rotatable bonds is 8. The van der Waals surface area contributed by atoms with Gasteiger partial charge in [-0.2, -0.15) is 0 Å². The summed E-state index contributed by atoms with van der Waals surface area (Å²) < 4.78 is 5.75. The van der Waals surface area contributed by atoms with Gasteiger partial charge in [-0.05, 0) is 43.0 Å². The predicted octanol–water partition coefficient (Wildman–Crippen LogP) is 4.06. The minimum atomic E-state index is -0.0931. The normalized spacial score (nSPS) is 12.0. The third kappa shape index (κ3) is 5.33. The lowest BCUT2D eigenvalue weighted by molar-refractivity contribution is 0.0931. The van der Waals surface area contributed by atoms with Gasteiger partial charge in [0, 0.05) is 17.7 Å². The van der Waals surface area contributed by atoms with Crippen molar-refractivity contribution >= 4 is 5.91 Å². The predicted molar refractivity (Wildman–Crippen MR) is 102 cm³/mol. The molecule has 0 fully saturated rings. The Balaban J connectivity index is 2.24. The van der Waals surface area contributed by atoms with Gasteiger partial charge in [-0.25, -0.2) is 0 Å². The van der Waals surface area contributed by atoms with Crippen LogP contribution in [0.4, 0.5) is 0 Å². The van der Waals surface area contributed by atoms with Crippen molar-refractivity contribution in [2.24, 2.45) is 11.7 Å². The van der Waals surface area contributed by atoms with E-state index in [9.17, 15) is 4.79 Å². The van der Waals surface area contributed by atoms with Crippen molar-refractivity contribution in [1.82, 2.24) is 5.32 Å². The molecular weight excluding hydrogens is 312 g/mol. The largest absolute Gasteiger partial charge is 0.494 e. The molecular formula is C21H28N2O2. The quantitative estimate of drug-likeness (QED) is 0.761. The lowest BCUT2D eigenvalue weighted by Crippen LogP contribution is -2.30. The van der Waals surface area contributed by atoms with E-state index in [-0.39, 0.29) is 11.9 Å². The average molecular weight is 340 g/mol. The van der Waals surface area contributed by atoms with E-state index < -0.39 is 0 Å². The molecule has 0 radical (unpaired) electrons. The van der Waals surface area contributed by atoms with Crippen LogP contribution in [0.1, 0.15) is 54.7 Å². The molecule has 0 aliphatic carbocycles. The number of ether oxygens (including phenoxy) is 1. The summed E-state index contributed by atoms with van der Waals surface area (Å²) in [7, 11) is 0. The second-order valence-corrected chi connectivity index (χ2v) is 6.53. The van der Waals surface area contributed by atoms with Crippen LogP contribution < -0.4 is 15.8 Å². The molecule has 0 saturated heterocycles. The fourth-order valence-corrected chi connectivity index (χ4v) is 2.82. The van der Waals surface area contributed by atoms with Crippen molar-refractivity contribution in [1.29, 1.82) is 0 Å². The van der Waals surface area contributed by atoms with Crippen molar-refractivity contribution in [2.45, 2.75) is 39.8 Å². The van der Waals surface area contributed by atoms with Crippen LogP contribution >= 0.6 is 0 Å². The molecule has 0 bridgehead atoms. The summed E-state index contributed by atoms with van der Waals surface area (Å²) in [5.41, 5.74) is 8.29. The molecule has 2 rings (SSSR count). The number of carbonyl (C=O) groups is 1. The molecule has 1 atom stereocenters. The number of hydrogen-bond acceptors (Lipinski definition) is 3. The third-order valence-electron chi connectivity index (χ3n) is 4.06. The lowest BCUT2D eigenvalue weighted by atomic mass is 9.95. The number of benzene rings is 2. The zero-order valence-corrected chi connectivity index (χ0v) is 15.3. The summed E-state index contributed by atoms with van der Waals surface area (Å²) in [5, 5.41) is 3.17. The maximum absolute atomic E-state index is 12.7. The molecule has 0 heterocycles. The number of carbonyl (C=O) groups excluding carboxylic acids is 1. The first kappa shape index (κ1) is 19.0. The molecule has 25 heavy (non-hydrogen) atoms. The molecule has 0 spiro atoms. The molecule has 0 aliphatic heterocycles. The second-order valence-electron chi connectivity index (χ2n) is 6.53. The highest BCUT2D eigenvalue weighted by molar-refractivity contribution is 5.94. The number of para-hydroxylation sites is 1. The average Bonchev–Trinajstić information content (AvgIpc) is 2.61. The molecule has 4 nitrogen and oxygen atoms in total. The van der Waals surface area contributed by atoms with E-state index in [1.54, 1.807) is 0 Å². The molecule has 1 amide bonds. The highest BCUT2D eigenvalue weighted by atomic mass is 16.5. The highest BCUT2D eigenvalue weighted by Gasteiger charge is 2.20. The Labute approximate surface area is 150 Å². The van der Waals surface area contributed by atoms with Crippen LogP contribution in [0.25, 0.3) is 0 Å². The number of nitrogens with two attached hydrogens (primary N) is 1. The number of amides is 1. The standard InChI is InChI=1S/C21H28N2O2/c1-4-25-20-8-6-5-7-18(20)19(13-15(2)3)23-21(24)17-11-9-16(14-22)10-12-17/h5-12,15,19H,4,13-14,22H2,1-3H3,(H,23,24). The molecule has 2 aromatic carbocycles. The SMILES string of the molecule is CCOc1ccccc1C(CC(C)C)NC(=O)c1ccc(CN)cc1. The van der Waals surface area contributed by atoms with E-state index in [1.807, 2.05) is 55.5 Å². The smallest absolute Gasteiger partial charge is 0.251 e. The Morgan fingerprint density at radius 3 is 2.40 bits per heavy atom. The Morgan fingerprint density at radius 2 is 1.80 bits per heavy atom. The fraction of sp³-hybridized carbons (Fsp3) is 0.381. The van der Waals surface area contributed by atoms with Gasteiger partial charge in [0.15, 0.2) is 0 Å². The van der Waals surface area contributed by atoms with Gasteiger partial charge in [-0.3, -0.25) is 4.79 Å². The van der Waals surface area contributed by atoms with E-state index in [0.29, 0.717) is 24.6 Å². The first-order valence-electron chi connectivity index (χ1n) is 8.86. The summed E-state index contributed by atoms with van der Waals surface area (Å²) in [6, 6.07) is 15.2. The van der Waals surface area contributed by atoms with E-state index in [0.717, 1.165) is 23.3 Å². The summed E-state index contributed by atoms with van der Waals surface area (Å²) >= 11 is 0. The van der Waals surface area contributed by atoms with E-state index in [4.69, 9.17) is 10.5 Å². The van der Waals surface area contributed by atoms with Gasteiger partial charge in [0.1, 0.15) is 5.75 Å². The second kappa shape index (κ2) is 9.23. The van der Waals surface area contributed by atoms with Crippen molar-refractivity contribution in [3.63, 3.8) is 0 Å². The summed E-state index contributed by atoms with van der Waals surface area (Å²) in [6.45, 7) is 7.34. The van der Waals surface area contributed by atoms with Crippen LogP contribution in [0.3, 0.4) is 0 Å². The third-order valence-corrected chi connectivity index (χ3v) is 4.06. The minimum Gasteiger partial charge on any atom is -0.494 e. The number of hydrogen-bond donors (Lipinski definition) is 2. The molecule has 134 valence electrons. The van der Waals surface area contributed by atoms with Crippen molar-refractivity contribution in [2.75, 3.05) is 6.61 Å². The van der Waals surface area contributed by atoms with Crippen molar-refractivity contribution < 1.29 is 9.53 Å². The van der Waals surface area contributed by atoms with Crippen LogP contribution in [0, 0.1) is 5.92 Å². The van der Waals surface area contributed by atoms with Crippen LogP contribution in [0.2, 0.25) is 0 Å². The van der Waals surface area contributed by atoms with Crippen LogP contribution in [-0.2, 0) is 6.54 Å². The van der Waals surface area contributed by atoms with Crippen LogP contribution in [-0.4, -0.2) is 12.5 Å². The molecule has 4 heteroatoms. The zero-order valence-electron chi connectivity index (χ0n) is 15.3. The van der Waals surface area contributed by atoms with Gasteiger partial charge in [-0.15, -0.1) is 0 Å². The van der Waals surface area contributed by atoms with E-state index in [1.165, 1.54) is 0 Å². The Bertz CT molecular complexity index is 681. The first-order valence-corrected chi connectivity index (χ1v) is 8.86. The van der Waals surface area contributed by atoms with Crippen molar-refractivity contribution in [3.8, 4) is 5.75 Å². The van der Waals surface area contributed by atoms with Crippen molar-refractivity contribution in [3.05, 3.63) is 65.2 Å². The zero-order chi connectivity index (χ0) is 18.2. The Hall–Kier alpha value is -2.33. The van der Waals surface area contributed by atoms with Gasteiger partial charge in [0.05, 0.1) is 12.6 Å². The van der Waals surface area contributed by atoms with Gasteiger partial charge in [0.25, 0.3) is 5.91 Å². The molecule has 2 aromatic rings. The monoisotopic (exact) mass is 340 g/mol. The Morgan fingerprint density at radius 1 is 1.12 bits per heavy atom. The summed E-state index contributed by atoms with van der Waals surface area (Å²) in [5.74, 6) is 1.19. The van der Waals surface area contributed by atoms with Crippen LogP contribution in [0.15, 0.2) is 48.5 Å².